The summed E-state index contributed by atoms with van der Waals surface area (Å²) in [7, 11) is 0. The summed E-state index contributed by atoms with van der Waals surface area (Å²) in [5, 5.41) is 9.10. The highest BCUT2D eigenvalue weighted by Gasteiger charge is 2.34. The van der Waals surface area contributed by atoms with Crippen molar-refractivity contribution in [2.24, 2.45) is 5.92 Å². The molecule has 1 aromatic rings. The first-order valence-electron chi connectivity index (χ1n) is 9.07. The molecule has 2 amide bonds. The van der Waals surface area contributed by atoms with Crippen LogP contribution < -0.4 is 16.0 Å². The van der Waals surface area contributed by atoms with Crippen LogP contribution in [0.4, 0.5) is 10.1 Å². The summed E-state index contributed by atoms with van der Waals surface area (Å²) in [6.45, 7) is 3.85. The molecule has 26 heavy (non-hydrogen) atoms. The van der Waals surface area contributed by atoms with Gasteiger partial charge in [-0.2, -0.15) is 0 Å². The van der Waals surface area contributed by atoms with E-state index < -0.39 is 5.82 Å². The number of benzene rings is 1. The number of hydrogen-bond acceptors (Lipinski definition) is 3. The molecule has 3 rings (SSSR count). The summed E-state index contributed by atoms with van der Waals surface area (Å²) in [5.74, 6) is -0.870. The van der Waals surface area contributed by atoms with Crippen LogP contribution in [0.3, 0.4) is 0 Å². The number of carbonyl (C=O) groups excluding carboxylic acids is 2. The topological polar surface area (TPSA) is 70.2 Å². The van der Waals surface area contributed by atoms with E-state index in [1.54, 1.807) is 6.07 Å². The van der Waals surface area contributed by atoms with Gasteiger partial charge in [0.1, 0.15) is 5.82 Å². The largest absolute Gasteiger partial charge is 0.349 e. The van der Waals surface area contributed by atoms with Gasteiger partial charge in [0, 0.05) is 30.1 Å². The lowest BCUT2D eigenvalue weighted by Crippen LogP contribution is -2.48. The Morgan fingerprint density at radius 3 is 2.46 bits per heavy atom. The van der Waals surface area contributed by atoms with E-state index in [1.165, 1.54) is 12.1 Å². The Kier molecular flexibility index (Phi) is 7.01. The molecular weight excluding hydrogens is 357 g/mol. The summed E-state index contributed by atoms with van der Waals surface area (Å²) in [5.41, 5.74) is 0.396. The smallest absolute Gasteiger partial charge is 0.251 e. The van der Waals surface area contributed by atoms with Gasteiger partial charge in [0.25, 0.3) is 5.91 Å². The van der Waals surface area contributed by atoms with Crippen LogP contribution in [0.5, 0.6) is 0 Å². The molecule has 2 bridgehead atoms. The molecule has 5 nitrogen and oxygen atoms in total. The molecule has 2 aliphatic heterocycles. The molecule has 0 aliphatic carbocycles. The molecule has 2 heterocycles. The third-order valence-electron chi connectivity index (χ3n) is 4.91. The van der Waals surface area contributed by atoms with Crippen molar-refractivity contribution in [2.45, 2.75) is 64.1 Å². The maximum absolute atomic E-state index is 14.2. The Balaban J connectivity index is 0.00000243. The summed E-state index contributed by atoms with van der Waals surface area (Å²) < 4.78 is 14.2. The maximum Gasteiger partial charge on any atom is 0.251 e. The normalized spacial score (nSPS) is 24.1. The number of hydrogen-bond donors (Lipinski definition) is 3. The van der Waals surface area contributed by atoms with E-state index in [1.807, 2.05) is 13.8 Å². The van der Waals surface area contributed by atoms with Gasteiger partial charge in [0.2, 0.25) is 5.91 Å². The molecule has 0 radical (unpaired) electrons. The van der Waals surface area contributed by atoms with Gasteiger partial charge in [-0.3, -0.25) is 9.59 Å². The van der Waals surface area contributed by atoms with Crippen molar-refractivity contribution in [1.82, 2.24) is 10.6 Å². The van der Waals surface area contributed by atoms with Crippen LogP contribution >= 0.6 is 12.4 Å². The lowest BCUT2D eigenvalue weighted by atomic mass is 9.99. The van der Waals surface area contributed by atoms with Crippen molar-refractivity contribution in [2.75, 3.05) is 5.32 Å². The number of nitrogens with one attached hydrogen (secondary N) is 3. The number of amides is 2. The quantitative estimate of drug-likeness (QED) is 0.731. The van der Waals surface area contributed by atoms with Gasteiger partial charge in [-0.05, 0) is 49.8 Å². The second-order valence-electron chi connectivity index (χ2n) is 7.62. The first kappa shape index (κ1) is 20.6. The van der Waals surface area contributed by atoms with Gasteiger partial charge in [-0.1, -0.05) is 13.8 Å². The molecule has 7 heteroatoms. The molecule has 144 valence electrons. The van der Waals surface area contributed by atoms with Gasteiger partial charge in [-0.15, -0.1) is 12.4 Å². The molecule has 0 spiro atoms. The summed E-state index contributed by atoms with van der Waals surface area (Å²) in [6, 6.07) is 5.31. The highest BCUT2D eigenvalue weighted by atomic mass is 35.5. The van der Waals surface area contributed by atoms with Crippen LogP contribution in [0.15, 0.2) is 18.2 Å². The molecule has 2 fully saturated rings. The van der Waals surface area contributed by atoms with Crippen LogP contribution in [-0.4, -0.2) is 29.9 Å². The SMILES string of the molecule is CC(C)CC(=O)Nc1ccc(C(=O)NC2CC3CCC(C2)N3)cc1F.Cl. The first-order chi connectivity index (χ1) is 11.9. The van der Waals surface area contributed by atoms with Crippen molar-refractivity contribution in [1.29, 1.82) is 0 Å². The Hall–Kier alpha value is -1.66. The Morgan fingerprint density at radius 1 is 1.23 bits per heavy atom. The average molecular weight is 384 g/mol. The average Bonchev–Trinajstić information content (AvgIpc) is 2.87. The first-order valence-corrected chi connectivity index (χ1v) is 9.07. The second kappa shape index (κ2) is 8.82. The fourth-order valence-corrected chi connectivity index (χ4v) is 3.77. The van der Waals surface area contributed by atoms with Crippen LogP contribution in [0.25, 0.3) is 0 Å². The Morgan fingerprint density at radius 2 is 1.88 bits per heavy atom. The maximum atomic E-state index is 14.2. The van der Waals surface area contributed by atoms with E-state index >= 15 is 0 Å². The Labute approximate surface area is 159 Å². The molecule has 0 aromatic heterocycles. The third-order valence-corrected chi connectivity index (χ3v) is 4.91. The number of carbonyl (C=O) groups is 2. The second-order valence-corrected chi connectivity index (χ2v) is 7.62. The molecule has 0 saturated carbocycles. The molecular formula is C19H27ClFN3O2. The standard InChI is InChI=1S/C19H26FN3O2.ClH/c1-11(2)7-18(24)23-17-6-3-12(8-16(17)20)19(25)22-15-9-13-4-5-14(10-15)21-13;/h3,6,8,11,13-15,21H,4-5,7,9-10H2,1-2H3,(H,22,25)(H,23,24);1H. The van der Waals surface area contributed by atoms with E-state index in [2.05, 4.69) is 16.0 Å². The van der Waals surface area contributed by atoms with E-state index in [-0.39, 0.29) is 47.4 Å². The Bertz CT molecular complexity index is 656. The molecule has 2 atom stereocenters. The lowest BCUT2D eigenvalue weighted by molar-refractivity contribution is -0.116. The molecule has 3 N–H and O–H groups in total. The number of fused-ring (bicyclic) bond motifs is 2. The zero-order valence-electron chi connectivity index (χ0n) is 15.2. The van der Waals surface area contributed by atoms with Gasteiger partial charge in [-0.25, -0.2) is 4.39 Å². The summed E-state index contributed by atoms with van der Waals surface area (Å²) in [4.78, 5) is 24.2. The molecule has 2 saturated heterocycles. The van der Waals surface area contributed by atoms with Crippen molar-refractivity contribution < 1.29 is 14.0 Å². The van der Waals surface area contributed by atoms with Gasteiger partial charge >= 0.3 is 0 Å². The zero-order valence-corrected chi connectivity index (χ0v) is 16.0. The highest BCUT2D eigenvalue weighted by Crippen LogP contribution is 2.27. The van der Waals surface area contributed by atoms with E-state index in [4.69, 9.17) is 0 Å². The van der Waals surface area contributed by atoms with E-state index in [9.17, 15) is 14.0 Å². The third kappa shape index (κ3) is 5.17. The van der Waals surface area contributed by atoms with Crippen LogP contribution in [-0.2, 0) is 4.79 Å². The monoisotopic (exact) mass is 383 g/mol. The number of halogens is 2. The minimum atomic E-state index is -0.588. The van der Waals surface area contributed by atoms with E-state index in [0.29, 0.717) is 18.5 Å². The highest BCUT2D eigenvalue weighted by molar-refractivity contribution is 5.96. The zero-order chi connectivity index (χ0) is 18.0. The predicted molar refractivity (Wildman–Crippen MR) is 102 cm³/mol. The minimum absolute atomic E-state index is 0. The number of anilines is 1. The van der Waals surface area contributed by atoms with E-state index in [0.717, 1.165) is 25.7 Å². The summed E-state index contributed by atoms with van der Waals surface area (Å²) >= 11 is 0. The van der Waals surface area contributed by atoms with Crippen LogP contribution in [0.1, 0.15) is 56.3 Å². The van der Waals surface area contributed by atoms with Gasteiger partial charge in [0.15, 0.2) is 0 Å². The predicted octanol–water partition coefficient (Wildman–Crippen LogP) is 3.24. The van der Waals surface area contributed by atoms with Crippen molar-refractivity contribution in [3.05, 3.63) is 29.6 Å². The van der Waals surface area contributed by atoms with Crippen molar-refractivity contribution in [3.8, 4) is 0 Å². The van der Waals surface area contributed by atoms with Crippen LogP contribution in [0.2, 0.25) is 0 Å². The molecule has 2 aliphatic rings. The summed E-state index contributed by atoms with van der Waals surface area (Å²) in [6.07, 6.45) is 4.51. The number of piperidine rings is 1. The minimum Gasteiger partial charge on any atom is -0.349 e. The fraction of sp³-hybridized carbons (Fsp3) is 0.579. The lowest BCUT2D eigenvalue weighted by Gasteiger charge is -2.29. The number of rotatable bonds is 5. The van der Waals surface area contributed by atoms with Crippen LogP contribution in [0, 0.1) is 11.7 Å². The van der Waals surface area contributed by atoms with Gasteiger partial charge < -0.3 is 16.0 Å². The molecule has 1 aromatic carbocycles. The fourth-order valence-electron chi connectivity index (χ4n) is 3.77. The van der Waals surface area contributed by atoms with Crippen molar-refractivity contribution in [3.63, 3.8) is 0 Å². The molecule has 2 unspecified atom stereocenters. The van der Waals surface area contributed by atoms with Gasteiger partial charge in [0.05, 0.1) is 5.69 Å². The van der Waals surface area contributed by atoms with Crippen molar-refractivity contribution >= 4 is 29.9 Å².